The summed E-state index contributed by atoms with van der Waals surface area (Å²) >= 11 is 3.24. The van der Waals surface area contributed by atoms with Gasteiger partial charge in [-0.1, -0.05) is 0 Å². The Labute approximate surface area is 131 Å². The van der Waals surface area contributed by atoms with Crippen LogP contribution in [0.5, 0.6) is 5.75 Å². The number of hydrogen-bond acceptors (Lipinski definition) is 4. The van der Waals surface area contributed by atoms with Crippen LogP contribution in [0.4, 0.5) is 0 Å². The summed E-state index contributed by atoms with van der Waals surface area (Å²) in [6.45, 7) is 0.225. The maximum absolute atomic E-state index is 12.7. The number of halogens is 1. The van der Waals surface area contributed by atoms with Crippen molar-refractivity contribution in [2.24, 2.45) is 0 Å². The Morgan fingerprint density at radius 2 is 2.14 bits per heavy atom. The van der Waals surface area contributed by atoms with E-state index in [1.54, 1.807) is 0 Å². The van der Waals surface area contributed by atoms with Crippen LogP contribution in [0.1, 0.15) is 19.3 Å². The van der Waals surface area contributed by atoms with Crippen molar-refractivity contribution in [3.8, 4) is 5.75 Å². The largest absolute Gasteiger partial charge is 0.496 e. The van der Waals surface area contributed by atoms with E-state index in [9.17, 15) is 18.3 Å². The fourth-order valence-electron chi connectivity index (χ4n) is 2.38. The molecule has 2 rings (SSSR count). The van der Waals surface area contributed by atoms with Gasteiger partial charge >= 0.3 is 5.97 Å². The Morgan fingerprint density at radius 3 is 2.71 bits per heavy atom. The second-order valence-electron chi connectivity index (χ2n) is 4.76. The molecular weight excluding hydrogens is 362 g/mol. The number of rotatable bonds is 4. The van der Waals surface area contributed by atoms with Crippen LogP contribution in [0.3, 0.4) is 0 Å². The van der Waals surface area contributed by atoms with Gasteiger partial charge in [0.2, 0.25) is 10.0 Å². The number of carboxylic acid groups (broad SMARTS) is 1. The van der Waals surface area contributed by atoms with Crippen LogP contribution in [0, 0.1) is 0 Å². The first-order chi connectivity index (χ1) is 9.87. The molecule has 0 spiro atoms. The van der Waals surface area contributed by atoms with Crippen molar-refractivity contribution in [1.29, 1.82) is 0 Å². The molecule has 1 aromatic rings. The van der Waals surface area contributed by atoms with Gasteiger partial charge in [-0.05, 0) is 53.4 Å². The van der Waals surface area contributed by atoms with Gasteiger partial charge in [-0.25, -0.2) is 8.42 Å². The zero-order valence-electron chi connectivity index (χ0n) is 11.5. The first-order valence-corrected chi connectivity index (χ1v) is 8.69. The number of benzene rings is 1. The number of ether oxygens (including phenoxy) is 1. The Balaban J connectivity index is 2.40. The minimum absolute atomic E-state index is 0.0586. The minimum Gasteiger partial charge on any atom is -0.496 e. The fourth-order valence-corrected chi connectivity index (χ4v) is 4.75. The second kappa shape index (κ2) is 6.33. The number of methoxy groups -OCH3 is 1. The quantitative estimate of drug-likeness (QED) is 0.868. The summed E-state index contributed by atoms with van der Waals surface area (Å²) in [5, 5.41) is 9.22. The molecule has 1 N–H and O–H groups in total. The summed E-state index contributed by atoms with van der Waals surface area (Å²) < 4.78 is 32.0. The molecule has 1 saturated heterocycles. The zero-order chi connectivity index (χ0) is 15.6. The van der Waals surface area contributed by atoms with E-state index in [0.717, 1.165) is 10.7 Å². The van der Waals surface area contributed by atoms with Gasteiger partial charge in [0.25, 0.3) is 0 Å². The van der Waals surface area contributed by atoms with Gasteiger partial charge in [-0.15, -0.1) is 0 Å². The van der Waals surface area contributed by atoms with E-state index in [-0.39, 0.29) is 11.4 Å². The molecule has 1 aromatic carbocycles. The lowest BCUT2D eigenvalue weighted by atomic mass is 10.1. The number of aliphatic carboxylic acids is 1. The Kier molecular flexibility index (Phi) is 4.90. The van der Waals surface area contributed by atoms with Gasteiger partial charge in [0.15, 0.2) is 0 Å². The van der Waals surface area contributed by atoms with Crippen LogP contribution in [0.25, 0.3) is 0 Å². The Bertz CT molecular complexity index is 646. The highest BCUT2D eigenvalue weighted by Crippen LogP contribution is 2.31. The van der Waals surface area contributed by atoms with Crippen molar-refractivity contribution in [2.45, 2.75) is 30.2 Å². The predicted molar refractivity (Wildman–Crippen MR) is 79.9 cm³/mol. The predicted octanol–water partition coefficient (Wildman–Crippen LogP) is 2.09. The standard InChI is InChI=1S/C13H16BrNO5S/c1-20-12-6-5-9(8-10(12)14)21(18,19)15-7-3-2-4-11(15)13(16)17/h5-6,8,11H,2-4,7H2,1H3,(H,16,17). The lowest BCUT2D eigenvalue weighted by Gasteiger charge is -2.31. The van der Waals surface area contributed by atoms with Gasteiger partial charge in [0, 0.05) is 6.54 Å². The van der Waals surface area contributed by atoms with Crippen molar-refractivity contribution in [3.05, 3.63) is 22.7 Å². The van der Waals surface area contributed by atoms with Gasteiger partial charge < -0.3 is 9.84 Å². The van der Waals surface area contributed by atoms with Crippen LogP contribution in [0.15, 0.2) is 27.6 Å². The van der Waals surface area contributed by atoms with E-state index < -0.39 is 22.0 Å². The highest BCUT2D eigenvalue weighted by Gasteiger charge is 2.37. The lowest BCUT2D eigenvalue weighted by Crippen LogP contribution is -2.47. The smallest absolute Gasteiger partial charge is 0.322 e. The number of nitrogens with zero attached hydrogens (tertiary/aromatic N) is 1. The van der Waals surface area contributed by atoms with Crippen LogP contribution in [-0.4, -0.2) is 43.5 Å². The summed E-state index contributed by atoms with van der Waals surface area (Å²) in [6, 6.07) is 3.40. The lowest BCUT2D eigenvalue weighted by molar-refractivity contribution is -0.142. The van der Waals surface area contributed by atoms with Gasteiger partial charge in [-0.3, -0.25) is 4.79 Å². The van der Waals surface area contributed by atoms with Crippen LogP contribution in [-0.2, 0) is 14.8 Å². The molecule has 0 radical (unpaired) electrons. The van der Waals surface area contributed by atoms with Crippen molar-refractivity contribution in [2.75, 3.05) is 13.7 Å². The highest BCUT2D eigenvalue weighted by molar-refractivity contribution is 9.10. The fraction of sp³-hybridized carbons (Fsp3) is 0.462. The number of carbonyl (C=O) groups is 1. The molecule has 1 aliphatic heterocycles. The molecule has 1 fully saturated rings. The SMILES string of the molecule is COc1ccc(S(=O)(=O)N2CCCCC2C(=O)O)cc1Br. The molecule has 6 nitrogen and oxygen atoms in total. The zero-order valence-corrected chi connectivity index (χ0v) is 13.9. The van der Waals surface area contributed by atoms with Gasteiger partial charge in [0.1, 0.15) is 11.8 Å². The highest BCUT2D eigenvalue weighted by atomic mass is 79.9. The molecule has 0 bridgehead atoms. The first kappa shape index (κ1) is 16.3. The normalized spacial score (nSPS) is 20.2. The third-order valence-corrected chi connectivity index (χ3v) is 5.99. The molecular formula is C13H16BrNO5S. The summed E-state index contributed by atoms with van der Waals surface area (Å²) in [5.41, 5.74) is 0. The van der Waals surface area contributed by atoms with Crippen molar-refractivity contribution < 1.29 is 23.1 Å². The Hall–Kier alpha value is -1.12. The number of piperidine rings is 1. The number of carboxylic acids is 1. The van der Waals surface area contributed by atoms with Crippen molar-refractivity contribution >= 4 is 31.9 Å². The monoisotopic (exact) mass is 377 g/mol. The van der Waals surface area contributed by atoms with Crippen molar-refractivity contribution in [1.82, 2.24) is 4.31 Å². The van der Waals surface area contributed by atoms with Gasteiger partial charge in [0.05, 0.1) is 16.5 Å². The van der Waals surface area contributed by atoms with E-state index in [1.807, 2.05) is 0 Å². The molecule has 0 aliphatic carbocycles. The molecule has 116 valence electrons. The van der Waals surface area contributed by atoms with Crippen molar-refractivity contribution in [3.63, 3.8) is 0 Å². The molecule has 1 atom stereocenters. The van der Waals surface area contributed by atoms with Crippen LogP contribution in [0.2, 0.25) is 0 Å². The molecule has 8 heteroatoms. The molecule has 1 heterocycles. The van der Waals surface area contributed by atoms with E-state index in [1.165, 1.54) is 25.3 Å². The third-order valence-electron chi connectivity index (χ3n) is 3.47. The van der Waals surface area contributed by atoms with Crippen LogP contribution < -0.4 is 4.74 Å². The third kappa shape index (κ3) is 3.22. The summed E-state index contributed by atoms with van der Waals surface area (Å²) in [4.78, 5) is 11.3. The molecule has 1 aliphatic rings. The number of hydrogen-bond donors (Lipinski definition) is 1. The summed E-state index contributed by atoms with van der Waals surface area (Å²) in [7, 11) is -2.35. The van der Waals surface area contributed by atoms with Gasteiger partial charge in [-0.2, -0.15) is 4.31 Å². The molecule has 0 amide bonds. The maximum Gasteiger partial charge on any atom is 0.322 e. The molecule has 1 unspecified atom stereocenters. The summed E-state index contributed by atoms with van der Waals surface area (Å²) in [5.74, 6) is -0.590. The van der Waals surface area contributed by atoms with Crippen LogP contribution >= 0.6 is 15.9 Å². The molecule has 21 heavy (non-hydrogen) atoms. The summed E-state index contributed by atoms with van der Waals surface area (Å²) in [6.07, 6.45) is 1.72. The minimum atomic E-state index is -3.84. The Morgan fingerprint density at radius 1 is 1.43 bits per heavy atom. The van der Waals surface area contributed by atoms with E-state index >= 15 is 0 Å². The average Bonchev–Trinajstić information content (AvgIpc) is 2.47. The maximum atomic E-state index is 12.7. The first-order valence-electron chi connectivity index (χ1n) is 6.46. The average molecular weight is 378 g/mol. The molecule has 0 aromatic heterocycles. The topological polar surface area (TPSA) is 83.9 Å². The molecule has 0 saturated carbocycles. The van der Waals surface area contributed by atoms with E-state index in [0.29, 0.717) is 23.1 Å². The number of sulfonamides is 1. The second-order valence-corrected chi connectivity index (χ2v) is 7.51. The van der Waals surface area contributed by atoms with E-state index in [4.69, 9.17) is 4.74 Å². The van der Waals surface area contributed by atoms with E-state index in [2.05, 4.69) is 15.9 Å².